The Balaban J connectivity index is 0.000000967. The summed E-state index contributed by atoms with van der Waals surface area (Å²) in [5.41, 5.74) is 12.2. The van der Waals surface area contributed by atoms with Gasteiger partial charge in [0.2, 0.25) is 0 Å². The molecule has 0 spiro atoms. The minimum Gasteiger partial charge on any atom is -0.483 e. The lowest BCUT2D eigenvalue weighted by molar-refractivity contribution is -0.122. The number of fused-ring (bicyclic) bond motifs is 1. The Labute approximate surface area is 215 Å². The number of nitrogen functional groups attached to an aromatic ring is 1. The molecule has 4 N–H and O–H groups in total. The zero-order chi connectivity index (χ0) is 25.7. The van der Waals surface area contributed by atoms with Gasteiger partial charge in [-0.15, -0.1) is 0 Å². The highest BCUT2D eigenvalue weighted by Gasteiger charge is 2.29. The Kier molecular flexibility index (Phi) is 8.64. The van der Waals surface area contributed by atoms with E-state index in [0.29, 0.717) is 23.1 Å². The summed E-state index contributed by atoms with van der Waals surface area (Å²) in [6.45, 7) is 1.24. The van der Waals surface area contributed by atoms with Crippen LogP contribution in [0.15, 0.2) is 30.3 Å². The minimum absolute atomic E-state index is 0.115. The van der Waals surface area contributed by atoms with Crippen LogP contribution in [0.25, 0.3) is 16.6 Å². The van der Waals surface area contributed by atoms with Crippen molar-refractivity contribution in [2.24, 2.45) is 5.92 Å². The second-order valence-electron chi connectivity index (χ2n) is 9.64. The minimum atomic E-state index is -0.420. The predicted molar refractivity (Wildman–Crippen MR) is 142 cm³/mol. The maximum Gasteiger partial charge on any atom is 0.290 e. The number of hydrogen-bond acceptors (Lipinski definition) is 4. The first-order valence-electron chi connectivity index (χ1n) is 12.6. The molecule has 3 aromatic rings. The molecule has 0 radical (unpaired) electrons. The normalized spacial score (nSPS) is 16.9. The molecular weight excluding hydrogens is 481 g/mol. The highest BCUT2D eigenvalue weighted by molar-refractivity contribution is 6.30. The number of benzene rings is 2. The number of carbonyl (C=O) groups is 1. The van der Waals surface area contributed by atoms with E-state index >= 15 is 0 Å². The fourth-order valence-electron chi connectivity index (χ4n) is 5.77. The topological polar surface area (TPSA) is 101 Å². The molecule has 0 atom stereocenters. The number of carboxylic acid groups (broad SMARTS) is 1. The summed E-state index contributed by atoms with van der Waals surface area (Å²) < 4.78 is 22.0. The van der Waals surface area contributed by atoms with Gasteiger partial charge in [-0.2, -0.15) is 0 Å². The Morgan fingerprint density at radius 1 is 1.14 bits per heavy atom. The van der Waals surface area contributed by atoms with Gasteiger partial charge in [0.05, 0.1) is 10.5 Å². The monoisotopic (exact) mass is 513 g/mol. The lowest BCUT2D eigenvalue weighted by Gasteiger charge is -2.27. The Bertz CT molecular complexity index is 1230. The van der Waals surface area contributed by atoms with Crippen molar-refractivity contribution in [2.45, 2.75) is 57.3 Å². The largest absolute Gasteiger partial charge is 0.483 e. The van der Waals surface area contributed by atoms with Crippen LogP contribution in [-0.4, -0.2) is 35.6 Å². The van der Waals surface area contributed by atoms with Gasteiger partial charge < -0.3 is 25.6 Å². The number of aromatic nitrogens is 1. The molecule has 6 nitrogen and oxygen atoms in total. The SMILES string of the molecule is N=Cc1cc2c(cc1N)c(CC1CCCCC1)c(C1CCOCC1)n2-c1ccc(F)c(Cl)c1.O=CO. The van der Waals surface area contributed by atoms with Gasteiger partial charge in [0.1, 0.15) is 5.82 Å². The quantitative estimate of drug-likeness (QED) is 0.200. The number of rotatable bonds is 5. The maximum atomic E-state index is 14.1. The zero-order valence-electron chi connectivity index (χ0n) is 20.3. The molecule has 8 heteroatoms. The number of nitrogens with one attached hydrogen (secondary N) is 1. The molecule has 5 rings (SSSR count). The second-order valence-corrected chi connectivity index (χ2v) is 10.0. The summed E-state index contributed by atoms with van der Waals surface area (Å²) in [6.07, 6.45) is 10.7. The van der Waals surface area contributed by atoms with Crippen molar-refractivity contribution < 1.29 is 19.0 Å². The van der Waals surface area contributed by atoms with Crippen molar-refractivity contribution in [1.29, 1.82) is 5.41 Å². The number of anilines is 1. The van der Waals surface area contributed by atoms with Crippen molar-refractivity contribution in [2.75, 3.05) is 18.9 Å². The van der Waals surface area contributed by atoms with Crippen LogP contribution in [0.3, 0.4) is 0 Å². The predicted octanol–water partition coefficient (Wildman–Crippen LogP) is 6.72. The Hall–Kier alpha value is -2.90. The van der Waals surface area contributed by atoms with E-state index in [1.165, 1.54) is 55.6 Å². The third-order valence-corrected chi connectivity index (χ3v) is 7.75. The fourth-order valence-corrected chi connectivity index (χ4v) is 5.95. The molecule has 1 aliphatic heterocycles. The van der Waals surface area contributed by atoms with Crippen LogP contribution in [0.4, 0.5) is 10.1 Å². The summed E-state index contributed by atoms with van der Waals surface area (Å²) in [5, 5.41) is 16.0. The molecule has 1 saturated carbocycles. The van der Waals surface area contributed by atoms with E-state index in [0.717, 1.165) is 49.1 Å². The molecular formula is C28H33ClFN3O3. The summed E-state index contributed by atoms with van der Waals surface area (Å²) in [5.74, 6) is 0.589. The van der Waals surface area contributed by atoms with Crippen LogP contribution < -0.4 is 5.73 Å². The van der Waals surface area contributed by atoms with Gasteiger partial charge in [0, 0.05) is 53.4 Å². The van der Waals surface area contributed by atoms with Crippen LogP contribution >= 0.6 is 11.6 Å². The first-order valence-corrected chi connectivity index (χ1v) is 12.9. The maximum absolute atomic E-state index is 14.1. The lowest BCUT2D eigenvalue weighted by Crippen LogP contribution is -2.19. The molecule has 2 heterocycles. The average Bonchev–Trinajstić information content (AvgIpc) is 3.19. The number of hydrogen-bond donors (Lipinski definition) is 3. The summed E-state index contributed by atoms with van der Waals surface area (Å²) in [4.78, 5) is 8.36. The van der Waals surface area contributed by atoms with Gasteiger partial charge in [0.15, 0.2) is 0 Å². The van der Waals surface area contributed by atoms with E-state index in [9.17, 15) is 4.39 Å². The highest BCUT2D eigenvalue weighted by atomic mass is 35.5. The van der Waals surface area contributed by atoms with E-state index in [4.69, 9.17) is 37.4 Å². The molecule has 1 aliphatic carbocycles. The molecule has 1 saturated heterocycles. The molecule has 2 aromatic carbocycles. The summed E-state index contributed by atoms with van der Waals surface area (Å²) in [7, 11) is 0. The van der Waals surface area contributed by atoms with Gasteiger partial charge in [-0.05, 0) is 61.1 Å². The van der Waals surface area contributed by atoms with E-state index in [1.807, 2.05) is 12.1 Å². The van der Waals surface area contributed by atoms with E-state index in [1.54, 1.807) is 12.1 Å². The van der Waals surface area contributed by atoms with Crippen LogP contribution in [0.2, 0.25) is 5.02 Å². The number of nitrogens with two attached hydrogens (primary N) is 1. The highest BCUT2D eigenvalue weighted by Crippen LogP contribution is 2.42. The third-order valence-electron chi connectivity index (χ3n) is 7.46. The standard InChI is InChI=1S/C27H31ClFN3O.CH2O2/c28-23-14-20(6-7-24(23)29)32-26-13-19(16-30)25(31)15-21(26)22(12-17-4-2-1-3-5-17)27(32)18-8-10-33-11-9-18;2-1-3/h6-7,13-18,30H,1-5,8-12,31H2;1H,(H,2,3). The molecule has 0 bridgehead atoms. The van der Waals surface area contributed by atoms with Crippen molar-refractivity contribution in [3.63, 3.8) is 0 Å². The number of halogens is 2. The molecule has 2 fully saturated rings. The molecule has 0 unspecified atom stereocenters. The van der Waals surface area contributed by atoms with Crippen LogP contribution in [0.1, 0.15) is 67.7 Å². The van der Waals surface area contributed by atoms with Crippen molar-refractivity contribution in [1.82, 2.24) is 4.57 Å². The number of nitrogens with zero attached hydrogens (tertiary/aromatic N) is 1. The smallest absolute Gasteiger partial charge is 0.290 e. The van der Waals surface area contributed by atoms with Crippen molar-refractivity contribution in [3.05, 3.63) is 58.0 Å². The van der Waals surface area contributed by atoms with Crippen molar-refractivity contribution in [3.8, 4) is 5.69 Å². The molecule has 0 amide bonds. The average molecular weight is 514 g/mol. The molecule has 1 aromatic heterocycles. The van der Waals surface area contributed by atoms with Gasteiger partial charge >= 0.3 is 0 Å². The summed E-state index contributed by atoms with van der Waals surface area (Å²) in [6, 6.07) is 8.99. The van der Waals surface area contributed by atoms with Crippen LogP contribution in [0.5, 0.6) is 0 Å². The number of ether oxygens (including phenoxy) is 1. The first kappa shape index (κ1) is 26.2. The summed E-state index contributed by atoms with van der Waals surface area (Å²) >= 11 is 6.23. The van der Waals surface area contributed by atoms with Crippen LogP contribution in [0, 0.1) is 17.1 Å². The van der Waals surface area contributed by atoms with Gasteiger partial charge in [0.25, 0.3) is 6.47 Å². The van der Waals surface area contributed by atoms with Gasteiger partial charge in [-0.1, -0.05) is 43.7 Å². The first-order chi connectivity index (χ1) is 17.5. The van der Waals surface area contributed by atoms with E-state index in [2.05, 4.69) is 4.57 Å². The second kappa shape index (κ2) is 11.9. The van der Waals surface area contributed by atoms with Crippen LogP contribution in [-0.2, 0) is 16.0 Å². The Morgan fingerprint density at radius 2 is 1.83 bits per heavy atom. The van der Waals surface area contributed by atoms with E-state index in [-0.39, 0.29) is 11.5 Å². The molecule has 2 aliphatic rings. The van der Waals surface area contributed by atoms with Crippen molar-refractivity contribution >= 4 is 40.9 Å². The van der Waals surface area contributed by atoms with Gasteiger partial charge in [-0.25, -0.2) is 4.39 Å². The fraction of sp³-hybridized carbons (Fsp3) is 0.429. The lowest BCUT2D eigenvalue weighted by atomic mass is 9.82. The zero-order valence-corrected chi connectivity index (χ0v) is 21.1. The van der Waals surface area contributed by atoms with Gasteiger partial charge in [-0.3, -0.25) is 4.79 Å². The molecule has 192 valence electrons. The third kappa shape index (κ3) is 5.42. The van der Waals surface area contributed by atoms with E-state index < -0.39 is 5.82 Å². The Morgan fingerprint density at radius 3 is 2.47 bits per heavy atom. The molecule has 36 heavy (non-hydrogen) atoms.